The molecule has 0 fully saturated rings. The van der Waals surface area contributed by atoms with Crippen LogP contribution < -0.4 is 0 Å². The van der Waals surface area contributed by atoms with Crippen LogP contribution in [0.2, 0.25) is 0 Å². The van der Waals surface area contributed by atoms with E-state index < -0.39 is 23.1 Å². The highest BCUT2D eigenvalue weighted by Crippen LogP contribution is 1.81. The molecule has 5 nitrogen and oxygen atoms in total. The van der Waals surface area contributed by atoms with Crippen molar-refractivity contribution in [2.24, 2.45) is 4.36 Å². The van der Waals surface area contributed by atoms with E-state index in [1.54, 1.807) is 0 Å². The number of hydrogen-bond acceptors (Lipinski definition) is 5. The zero-order chi connectivity index (χ0) is 7.28. The molecular weight excluding hydrogens is 146 g/mol. The molecule has 0 saturated heterocycles. The van der Waals surface area contributed by atoms with Gasteiger partial charge in [-0.15, -0.1) is 0 Å². The molecule has 0 aliphatic carbocycles. The van der Waals surface area contributed by atoms with Crippen LogP contribution in [-0.4, -0.2) is 32.5 Å². The fourth-order valence-corrected chi connectivity index (χ4v) is 0.513. The van der Waals surface area contributed by atoms with E-state index in [0.29, 0.717) is 0 Å². The highest BCUT2D eigenvalue weighted by molar-refractivity contribution is 7.61. The van der Waals surface area contributed by atoms with E-state index in [4.69, 9.17) is 5.11 Å². The van der Waals surface area contributed by atoms with Gasteiger partial charge in [-0.05, 0) is 0 Å². The van der Waals surface area contributed by atoms with Gasteiger partial charge in [0.15, 0.2) is 6.04 Å². The van der Waals surface area contributed by atoms with Gasteiger partial charge in [-0.3, -0.25) is 4.79 Å². The van der Waals surface area contributed by atoms with Crippen LogP contribution in [-0.2, 0) is 15.3 Å². The summed E-state index contributed by atoms with van der Waals surface area (Å²) in [5.41, 5.74) is 0. The first-order chi connectivity index (χ1) is 4.20. The Bertz CT molecular complexity index is 198. The molecule has 0 aliphatic heterocycles. The predicted octanol–water partition coefficient (Wildman–Crippen LogP) is -1.48. The maximum absolute atomic E-state index is 9.67. The van der Waals surface area contributed by atoms with Crippen molar-refractivity contribution in [3.63, 3.8) is 0 Å². The lowest BCUT2D eigenvalue weighted by atomic mass is 10.4. The molecule has 0 aromatic carbocycles. The Morgan fingerprint density at radius 1 is 1.67 bits per heavy atom. The summed E-state index contributed by atoms with van der Waals surface area (Å²) in [6.45, 7) is -0.628. The molecule has 0 rings (SSSR count). The van der Waals surface area contributed by atoms with Crippen molar-refractivity contribution in [1.29, 1.82) is 0 Å². The molecule has 0 heterocycles. The highest BCUT2D eigenvalue weighted by Gasteiger charge is 2.02. The third-order valence-electron chi connectivity index (χ3n) is 0.522. The van der Waals surface area contributed by atoms with Crippen molar-refractivity contribution in [3.05, 3.63) is 0 Å². The molecule has 0 amide bonds. The molecular formula is C3H4NO4S. The Balaban J connectivity index is 4.16. The van der Waals surface area contributed by atoms with Gasteiger partial charge < -0.3 is 5.11 Å². The van der Waals surface area contributed by atoms with E-state index in [9.17, 15) is 13.2 Å². The summed E-state index contributed by atoms with van der Waals surface area (Å²) >= 11 is 0. The lowest BCUT2D eigenvalue weighted by Crippen LogP contribution is -2.10. The van der Waals surface area contributed by atoms with Gasteiger partial charge in [-0.2, -0.15) is 12.8 Å². The zero-order valence-electron chi connectivity index (χ0n) is 4.31. The van der Waals surface area contributed by atoms with Crippen molar-refractivity contribution >= 4 is 16.8 Å². The second-order valence-corrected chi connectivity index (χ2v) is 1.78. The third-order valence-corrected chi connectivity index (χ3v) is 0.949. The Kier molecular flexibility index (Phi) is 3.81. The highest BCUT2D eigenvalue weighted by atomic mass is 32.2. The van der Waals surface area contributed by atoms with Crippen molar-refractivity contribution in [2.45, 2.75) is 6.04 Å². The minimum Gasteiger partial charge on any atom is -0.394 e. The largest absolute Gasteiger partial charge is 0.394 e. The summed E-state index contributed by atoms with van der Waals surface area (Å²) < 4.78 is 22.1. The van der Waals surface area contributed by atoms with Crippen LogP contribution in [0, 0.1) is 0 Å². The van der Waals surface area contributed by atoms with Gasteiger partial charge in [-0.25, -0.2) is 0 Å². The normalized spacial score (nSPS) is 12.1. The summed E-state index contributed by atoms with van der Waals surface area (Å²) in [6.07, 6.45) is 1.22. The van der Waals surface area contributed by atoms with Gasteiger partial charge in [0.25, 0.3) is 0 Å². The lowest BCUT2D eigenvalue weighted by molar-refractivity contribution is 0.288. The molecule has 0 unspecified atom stereocenters. The Hall–Kier alpha value is -0.750. The first kappa shape index (κ1) is 8.25. The summed E-state index contributed by atoms with van der Waals surface area (Å²) in [4.78, 5) is 9.62. The molecule has 0 bridgehead atoms. The van der Waals surface area contributed by atoms with Crippen molar-refractivity contribution in [1.82, 2.24) is 0 Å². The van der Waals surface area contributed by atoms with E-state index in [2.05, 4.69) is 4.36 Å². The SMILES string of the molecule is O=[C][C@H](CO)N=S(=O)=O. The number of carbonyl (C=O) groups excluding carboxylic acids is 1. The summed E-state index contributed by atoms with van der Waals surface area (Å²) in [7, 11) is -2.64. The van der Waals surface area contributed by atoms with E-state index in [0.717, 1.165) is 0 Å². The van der Waals surface area contributed by atoms with Crippen LogP contribution in [0.5, 0.6) is 0 Å². The molecule has 0 spiro atoms. The minimum atomic E-state index is -2.64. The summed E-state index contributed by atoms with van der Waals surface area (Å²) in [6, 6.07) is -1.26. The molecule has 1 N–H and O–H groups in total. The average Bonchev–Trinajstić information content (AvgIpc) is 1.82. The second-order valence-electron chi connectivity index (χ2n) is 1.14. The van der Waals surface area contributed by atoms with Crippen molar-refractivity contribution in [3.8, 4) is 0 Å². The Morgan fingerprint density at radius 3 is 2.33 bits per heavy atom. The topological polar surface area (TPSA) is 83.8 Å². The van der Waals surface area contributed by atoms with Crippen LogP contribution in [0.25, 0.3) is 0 Å². The molecule has 0 aromatic heterocycles. The molecule has 1 radical (unpaired) electrons. The first-order valence-electron chi connectivity index (χ1n) is 1.99. The van der Waals surface area contributed by atoms with Gasteiger partial charge in [0.1, 0.15) is 0 Å². The molecule has 0 aliphatic rings. The molecule has 1 atom stereocenters. The predicted molar refractivity (Wildman–Crippen MR) is 27.9 cm³/mol. The molecule has 0 saturated carbocycles. The monoisotopic (exact) mass is 150 g/mol. The third kappa shape index (κ3) is 3.80. The molecule has 6 heteroatoms. The van der Waals surface area contributed by atoms with E-state index >= 15 is 0 Å². The number of aliphatic hydroxyl groups is 1. The van der Waals surface area contributed by atoms with E-state index in [-0.39, 0.29) is 0 Å². The van der Waals surface area contributed by atoms with Crippen molar-refractivity contribution < 1.29 is 18.3 Å². The van der Waals surface area contributed by atoms with Crippen LogP contribution in [0.4, 0.5) is 0 Å². The fourth-order valence-electron chi connectivity index (χ4n) is 0.196. The van der Waals surface area contributed by atoms with Gasteiger partial charge >= 0.3 is 10.5 Å². The number of hydrogen-bond donors (Lipinski definition) is 1. The number of rotatable bonds is 3. The maximum Gasteiger partial charge on any atom is 0.311 e. The van der Waals surface area contributed by atoms with Crippen LogP contribution in [0.15, 0.2) is 4.36 Å². The maximum atomic E-state index is 9.67. The quantitative estimate of drug-likeness (QED) is 0.531. The standard InChI is InChI=1S/C3H4NO4S/c5-1-3(2-6)4-9(7)8/h3,5H,1H2/t3-/m0/s1. The van der Waals surface area contributed by atoms with Gasteiger partial charge in [0, 0.05) is 0 Å². The Labute approximate surface area is 53.0 Å². The second kappa shape index (κ2) is 4.16. The van der Waals surface area contributed by atoms with E-state index in [1.165, 1.54) is 6.29 Å². The van der Waals surface area contributed by atoms with E-state index in [1.807, 2.05) is 0 Å². The Morgan fingerprint density at radius 2 is 2.22 bits per heavy atom. The molecule has 0 aromatic rings. The lowest BCUT2D eigenvalue weighted by Gasteiger charge is -1.88. The molecule has 51 valence electrons. The van der Waals surface area contributed by atoms with Crippen molar-refractivity contribution in [2.75, 3.05) is 6.61 Å². The zero-order valence-corrected chi connectivity index (χ0v) is 5.13. The average molecular weight is 150 g/mol. The van der Waals surface area contributed by atoms with Gasteiger partial charge in [-0.1, -0.05) is 0 Å². The minimum absolute atomic E-state index is 0.628. The van der Waals surface area contributed by atoms with Gasteiger partial charge in [0.2, 0.25) is 6.29 Å². The summed E-state index contributed by atoms with van der Waals surface area (Å²) in [5.74, 6) is 0. The van der Waals surface area contributed by atoms with Crippen LogP contribution in [0.1, 0.15) is 0 Å². The fraction of sp³-hybridized carbons (Fsp3) is 0.667. The number of nitrogens with zero attached hydrogens (tertiary/aromatic N) is 1. The molecule has 9 heavy (non-hydrogen) atoms. The van der Waals surface area contributed by atoms with Crippen LogP contribution in [0.3, 0.4) is 0 Å². The summed E-state index contributed by atoms with van der Waals surface area (Å²) in [5, 5.41) is 8.15. The smallest absolute Gasteiger partial charge is 0.311 e. The number of aliphatic hydroxyl groups excluding tert-OH is 1. The van der Waals surface area contributed by atoms with Crippen LogP contribution >= 0.6 is 0 Å². The first-order valence-corrected chi connectivity index (χ1v) is 3.02. The van der Waals surface area contributed by atoms with Gasteiger partial charge in [0.05, 0.1) is 6.61 Å².